The molecule has 0 spiro atoms. The summed E-state index contributed by atoms with van der Waals surface area (Å²) in [6.07, 6.45) is 4.45. The highest BCUT2D eigenvalue weighted by molar-refractivity contribution is 9.10. The van der Waals surface area contributed by atoms with Crippen molar-refractivity contribution in [1.29, 1.82) is 0 Å². The van der Waals surface area contributed by atoms with Crippen molar-refractivity contribution >= 4 is 38.3 Å². The molecule has 0 radical (unpaired) electrons. The fourth-order valence-corrected chi connectivity index (χ4v) is 2.56. The van der Waals surface area contributed by atoms with Crippen LogP contribution in [0.2, 0.25) is 5.15 Å². The molecule has 0 aliphatic heterocycles. The summed E-state index contributed by atoms with van der Waals surface area (Å²) in [5.74, 6) is 0.735. The predicted molar refractivity (Wildman–Crippen MR) is 66.4 cm³/mol. The van der Waals surface area contributed by atoms with Gasteiger partial charge in [-0.2, -0.15) is 0 Å². The van der Waals surface area contributed by atoms with Gasteiger partial charge in [-0.3, -0.25) is 0 Å². The molecule has 0 atom stereocenters. The number of hydrogen-bond donors (Lipinski definition) is 0. The van der Waals surface area contributed by atoms with Crippen LogP contribution in [0.15, 0.2) is 28.9 Å². The van der Waals surface area contributed by atoms with Crippen LogP contribution >= 0.6 is 27.5 Å². The van der Waals surface area contributed by atoms with Gasteiger partial charge < -0.3 is 0 Å². The van der Waals surface area contributed by atoms with E-state index in [9.17, 15) is 0 Å². The van der Waals surface area contributed by atoms with Crippen molar-refractivity contribution in [3.63, 3.8) is 0 Å². The minimum Gasteiger partial charge on any atom is -0.244 e. The van der Waals surface area contributed by atoms with E-state index >= 15 is 0 Å². The first-order valence-corrected chi connectivity index (χ1v) is 6.16. The lowest BCUT2D eigenvalue weighted by molar-refractivity contribution is 1.15. The SMILES string of the molecule is Clc1cc2c(C3CC3)ccc(Br)c2cn1. The summed E-state index contributed by atoms with van der Waals surface area (Å²) in [5, 5.41) is 2.97. The third-order valence-electron chi connectivity index (χ3n) is 2.87. The monoisotopic (exact) mass is 281 g/mol. The number of benzene rings is 1. The first-order chi connectivity index (χ1) is 7.25. The Kier molecular flexibility index (Phi) is 2.22. The molecule has 1 nitrogen and oxygen atoms in total. The fraction of sp³-hybridized carbons (Fsp3) is 0.250. The molecule has 15 heavy (non-hydrogen) atoms. The van der Waals surface area contributed by atoms with E-state index in [1.807, 2.05) is 12.3 Å². The molecule has 0 unspecified atom stereocenters. The summed E-state index contributed by atoms with van der Waals surface area (Å²) in [6, 6.07) is 6.27. The van der Waals surface area contributed by atoms with Crippen molar-refractivity contribution in [3.8, 4) is 0 Å². The molecular formula is C12H9BrClN. The number of fused-ring (bicyclic) bond motifs is 1. The third-order valence-corrected chi connectivity index (χ3v) is 3.76. The van der Waals surface area contributed by atoms with Crippen LogP contribution in [0.25, 0.3) is 10.8 Å². The molecule has 2 aromatic rings. The summed E-state index contributed by atoms with van der Waals surface area (Å²) >= 11 is 9.48. The van der Waals surface area contributed by atoms with E-state index in [-0.39, 0.29) is 0 Å². The highest BCUT2D eigenvalue weighted by Gasteiger charge is 2.25. The lowest BCUT2D eigenvalue weighted by Gasteiger charge is -2.06. The van der Waals surface area contributed by atoms with Crippen LogP contribution < -0.4 is 0 Å². The largest absolute Gasteiger partial charge is 0.244 e. The molecule has 1 fully saturated rings. The zero-order valence-electron chi connectivity index (χ0n) is 8.00. The van der Waals surface area contributed by atoms with Crippen LogP contribution in [0.3, 0.4) is 0 Å². The summed E-state index contributed by atoms with van der Waals surface area (Å²) < 4.78 is 1.09. The molecule has 1 aliphatic carbocycles. The van der Waals surface area contributed by atoms with E-state index < -0.39 is 0 Å². The van der Waals surface area contributed by atoms with Gasteiger partial charge in [0, 0.05) is 16.1 Å². The van der Waals surface area contributed by atoms with Crippen molar-refractivity contribution in [2.45, 2.75) is 18.8 Å². The summed E-state index contributed by atoms with van der Waals surface area (Å²) in [6.45, 7) is 0. The summed E-state index contributed by atoms with van der Waals surface area (Å²) in [7, 11) is 0. The van der Waals surface area contributed by atoms with Crippen LogP contribution in [0.1, 0.15) is 24.3 Å². The molecule has 0 bridgehead atoms. The number of nitrogens with zero attached hydrogens (tertiary/aromatic N) is 1. The van der Waals surface area contributed by atoms with Gasteiger partial charge in [-0.05, 0) is 41.8 Å². The summed E-state index contributed by atoms with van der Waals surface area (Å²) in [5.41, 5.74) is 1.41. The molecule has 1 heterocycles. The second-order valence-electron chi connectivity index (χ2n) is 3.96. The Morgan fingerprint density at radius 3 is 2.80 bits per heavy atom. The zero-order valence-corrected chi connectivity index (χ0v) is 10.3. The first kappa shape index (κ1) is 9.61. The van der Waals surface area contributed by atoms with Gasteiger partial charge in [-0.15, -0.1) is 0 Å². The van der Waals surface area contributed by atoms with Gasteiger partial charge >= 0.3 is 0 Å². The van der Waals surface area contributed by atoms with Gasteiger partial charge in [-0.25, -0.2) is 4.98 Å². The lowest BCUT2D eigenvalue weighted by Crippen LogP contribution is -1.86. The molecule has 1 saturated carbocycles. The quantitative estimate of drug-likeness (QED) is 0.700. The van der Waals surface area contributed by atoms with Crippen molar-refractivity contribution in [3.05, 3.63) is 39.6 Å². The lowest BCUT2D eigenvalue weighted by atomic mass is 10.0. The van der Waals surface area contributed by atoms with E-state index in [0.717, 1.165) is 15.8 Å². The topological polar surface area (TPSA) is 12.9 Å². The van der Waals surface area contributed by atoms with Gasteiger partial charge in [0.25, 0.3) is 0 Å². The summed E-state index contributed by atoms with van der Waals surface area (Å²) in [4.78, 5) is 4.12. The van der Waals surface area contributed by atoms with E-state index in [1.54, 1.807) is 0 Å². The average Bonchev–Trinajstić information content (AvgIpc) is 3.02. The van der Waals surface area contributed by atoms with Crippen molar-refractivity contribution < 1.29 is 0 Å². The molecule has 3 rings (SSSR count). The third kappa shape index (κ3) is 1.66. The molecule has 1 aromatic carbocycles. The second kappa shape index (κ2) is 3.46. The smallest absolute Gasteiger partial charge is 0.129 e. The Balaban J connectivity index is 2.35. The first-order valence-electron chi connectivity index (χ1n) is 4.99. The second-order valence-corrected chi connectivity index (χ2v) is 5.21. The Labute approximate surface area is 102 Å². The number of halogens is 2. The number of aromatic nitrogens is 1. The van der Waals surface area contributed by atoms with Gasteiger partial charge in [0.1, 0.15) is 5.15 Å². The highest BCUT2D eigenvalue weighted by Crippen LogP contribution is 2.44. The van der Waals surface area contributed by atoms with Crippen molar-refractivity contribution in [2.75, 3.05) is 0 Å². The molecule has 76 valence electrons. The van der Waals surface area contributed by atoms with Crippen LogP contribution in [0.5, 0.6) is 0 Å². The molecule has 0 amide bonds. The van der Waals surface area contributed by atoms with Crippen LogP contribution in [0, 0.1) is 0 Å². The number of pyridine rings is 1. The highest BCUT2D eigenvalue weighted by atomic mass is 79.9. The van der Waals surface area contributed by atoms with E-state index in [2.05, 4.69) is 33.0 Å². The van der Waals surface area contributed by atoms with E-state index in [0.29, 0.717) is 5.15 Å². The van der Waals surface area contributed by atoms with E-state index in [4.69, 9.17) is 11.6 Å². The molecule has 1 aromatic heterocycles. The molecular weight excluding hydrogens is 273 g/mol. The van der Waals surface area contributed by atoms with Gasteiger partial charge in [0.15, 0.2) is 0 Å². The minimum atomic E-state index is 0.572. The minimum absolute atomic E-state index is 0.572. The standard InChI is InChI=1S/C12H9BrClN/c13-11-4-3-8(7-1-2-7)9-5-12(14)15-6-10(9)11/h3-7H,1-2H2. The van der Waals surface area contributed by atoms with Gasteiger partial charge in [0.05, 0.1) is 0 Å². The zero-order chi connectivity index (χ0) is 10.4. The normalized spacial score (nSPS) is 15.9. The van der Waals surface area contributed by atoms with Gasteiger partial charge in [0.2, 0.25) is 0 Å². The predicted octanol–water partition coefficient (Wildman–Crippen LogP) is 4.53. The fourth-order valence-electron chi connectivity index (χ4n) is 1.95. The van der Waals surface area contributed by atoms with Crippen LogP contribution in [0.4, 0.5) is 0 Å². The Hall–Kier alpha value is -0.600. The molecule has 1 aliphatic rings. The van der Waals surface area contributed by atoms with Gasteiger partial charge in [-0.1, -0.05) is 33.6 Å². The maximum Gasteiger partial charge on any atom is 0.129 e. The maximum atomic E-state index is 5.94. The Bertz CT molecular complexity index is 534. The maximum absolute atomic E-state index is 5.94. The van der Waals surface area contributed by atoms with E-state index in [1.165, 1.54) is 23.8 Å². The molecule has 0 saturated heterocycles. The Morgan fingerprint density at radius 2 is 2.07 bits per heavy atom. The average molecular weight is 283 g/mol. The molecule has 0 N–H and O–H groups in total. The van der Waals surface area contributed by atoms with Crippen molar-refractivity contribution in [1.82, 2.24) is 4.98 Å². The van der Waals surface area contributed by atoms with Crippen molar-refractivity contribution in [2.24, 2.45) is 0 Å². The van der Waals surface area contributed by atoms with Crippen LogP contribution in [-0.2, 0) is 0 Å². The van der Waals surface area contributed by atoms with Crippen LogP contribution in [-0.4, -0.2) is 4.98 Å². The number of hydrogen-bond acceptors (Lipinski definition) is 1. The number of rotatable bonds is 1. The Morgan fingerprint density at radius 1 is 1.27 bits per heavy atom. The molecule has 3 heteroatoms.